The third-order valence-corrected chi connectivity index (χ3v) is 7.14. The average molecular weight is 566 g/mol. The molecular formula is C30H36ClN5O4. The average Bonchev–Trinajstić information content (AvgIpc) is 2.97. The van der Waals surface area contributed by atoms with Crippen LogP contribution >= 0.6 is 11.6 Å². The summed E-state index contributed by atoms with van der Waals surface area (Å²) >= 11 is 6.07. The largest absolute Gasteiger partial charge is 0.492 e. The van der Waals surface area contributed by atoms with Gasteiger partial charge in [-0.2, -0.15) is 0 Å². The van der Waals surface area contributed by atoms with Gasteiger partial charge in [0.1, 0.15) is 29.9 Å². The van der Waals surface area contributed by atoms with Crippen molar-refractivity contribution in [3.05, 3.63) is 82.8 Å². The molecule has 212 valence electrons. The maximum atomic E-state index is 12.6. The fourth-order valence-corrected chi connectivity index (χ4v) is 4.85. The normalized spacial score (nSPS) is 13.2. The van der Waals surface area contributed by atoms with Gasteiger partial charge in [-0.05, 0) is 81.0 Å². The van der Waals surface area contributed by atoms with E-state index in [1.807, 2.05) is 30.3 Å². The zero-order chi connectivity index (χ0) is 28.2. The van der Waals surface area contributed by atoms with E-state index in [1.54, 1.807) is 12.1 Å². The van der Waals surface area contributed by atoms with Gasteiger partial charge in [0.15, 0.2) is 0 Å². The van der Waals surface area contributed by atoms with Gasteiger partial charge in [0.05, 0.1) is 5.02 Å². The Morgan fingerprint density at radius 2 is 1.93 bits per heavy atom. The zero-order valence-electron chi connectivity index (χ0n) is 22.5. The number of carbonyl (C=O) groups excluding carboxylic acids is 1. The number of unbranched alkanes of at least 4 members (excludes halogenated alkanes) is 1. The van der Waals surface area contributed by atoms with Gasteiger partial charge in [0, 0.05) is 31.5 Å². The highest BCUT2D eigenvalue weighted by Gasteiger charge is 2.23. The minimum absolute atomic E-state index is 0.00882. The number of benzene rings is 1. The number of aromatic nitrogens is 2. The summed E-state index contributed by atoms with van der Waals surface area (Å²) in [4.78, 5) is 35.5. The predicted molar refractivity (Wildman–Crippen MR) is 155 cm³/mol. The Morgan fingerprint density at radius 1 is 1.07 bits per heavy atom. The molecule has 1 aliphatic rings. The lowest BCUT2D eigenvalue weighted by Crippen LogP contribution is -2.44. The van der Waals surface area contributed by atoms with Crippen molar-refractivity contribution in [2.75, 3.05) is 38.1 Å². The van der Waals surface area contributed by atoms with Crippen LogP contribution in [-0.2, 0) is 17.6 Å². The van der Waals surface area contributed by atoms with Crippen molar-refractivity contribution in [1.29, 1.82) is 0 Å². The van der Waals surface area contributed by atoms with Crippen molar-refractivity contribution in [3.8, 4) is 5.75 Å². The summed E-state index contributed by atoms with van der Waals surface area (Å²) in [5.74, 6) is 0.0895. The molecule has 3 aromatic rings. The van der Waals surface area contributed by atoms with E-state index < -0.39 is 17.9 Å². The van der Waals surface area contributed by atoms with Gasteiger partial charge in [-0.3, -0.25) is 9.69 Å². The molecule has 9 nitrogen and oxygen atoms in total. The van der Waals surface area contributed by atoms with E-state index in [0.717, 1.165) is 62.5 Å². The Labute approximate surface area is 239 Å². The third kappa shape index (κ3) is 8.93. The Kier molecular flexibility index (Phi) is 11.1. The molecule has 0 spiro atoms. The van der Waals surface area contributed by atoms with Gasteiger partial charge in [-0.15, -0.1) is 0 Å². The Balaban J connectivity index is 1.30. The number of para-hydroxylation sites is 1. The number of pyridine rings is 2. The minimum Gasteiger partial charge on any atom is -0.492 e. The SMILES string of the molecule is O=C(NC(CCN(CCCCc1ccc2c(n1)NCCC2)CCOc1ccccc1)C(=O)O)c1ncccc1Cl. The van der Waals surface area contributed by atoms with E-state index in [2.05, 4.69) is 32.7 Å². The molecule has 1 aliphatic heterocycles. The summed E-state index contributed by atoms with van der Waals surface area (Å²) < 4.78 is 5.89. The molecule has 0 bridgehead atoms. The van der Waals surface area contributed by atoms with Crippen LogP contribution in [0, 0.1) is 0 Å². The number of aliphatic carboxylic acids is 1. The molecule has 0 fully saturated rings. The Hall–Kier alpha value is -3.69. The number of carboxylic acid groups (broad SMARTS) is 1. The van der Waals surface area contributed by atoms with Crippen LogP contribution in [-0.4, -0.2) is 70.7 Å². The number of fused-ring (bicyclic) bond motifs is 1. The summed E-state index contributed by atoms with van der Waals surface area (Å²) in [6, 6.07) is 16.0. The molecule has 0 saturated carbocycles. The van der Waals surface area contributed by atoms with E-state index in [-0.39, 0.29) is 17.1 Å². The number of ether oxygens (including phenoxy) is 1. The molecule has 1 aromatic carbocycles. The topological polar surface area (TPSA) is 117 Å². The van der Waals surface area contributed by atoms with Crippen molar-refractivity contribution in [2.45, 2.75) is 44.6 Å². The highest BCUT2D eigenvalue weighted by Crippen LogP contribution is 2.20. The van der Waals surface area contributed by atoms with Crippen LogP contribution in [0.1, 0.15) is 47.4 Å². The second kappa shape index (κ2) is 15.2. The minimum atomic E-state index is -1.10. The third-order valence-electron chi connectivity index (χ3n) is 6.84. The van der Waals surface area contributed by atoms with Crippen LogP contribution in [0.25, 0.3) is 0 Å². The first-order valence-corrected chi connectivity index (χ1v) is 14.1. The van der Waals surface area contributed by atoms with Gasteiger partial charge < -0.3 is 20.5 Å². The first-order chi connectivity index (χ1) is 19.5. The van der Waals surface area contributed by atoms with E-state index >= 15 is 0 Å². The molecule has 4 rings (SSSR count). The van der Waals surface area contributed by atoms with Crippen LogP contribution in [0.3, 0.4) is 0 Å². The molecular weight excluding hydrogens is 530 g/mol. The van der Waals surface area contributed by atoms with E-state index in [0.29, 0.717) is 19.7 Å². The van der Waals surface area contributed by atoms with Crippen molar-refractivity contribution in [1.82, 2.24) is 20.2 Å². The molecule has 0 radical (unpaired) electrons. The second-order valence-corrected chi connectivity index (χ2v) is 10.2. The molecule has 2 aromatic heterocycles. The number of carboxylic acids is 1. The number of carbonyl (C=O) groups is 2. The predicted octanol–water partition coefficient (Wildman–Crippen LogP) is 4.47. The lowest BCUT2D eigenvalue weighted by atomic mass is 10.1. The summed E-state index contributed by atoms with van der Waals surface area (Å²) in [6.45, 7) is 3.31. The van der Waals surface area contributed by atoms with Crippen molar-refractivity contribution < 1.29 is 19.4 Å². The summed E-state index contributed by atoms with van der Waals surface area (Å²) in [7, 11) is 0. The van der Waals surface area contributed by atoms with Gasteiger partial charge in [-0.1, -0.05) is 35.9 Å². The van der Waals surface area contributed by atoms with Crippen LogP contribution in [0.5, 0.6) is 5.75 Å². The van der Waals surface area contributed by atoms with Gasteiger partial charge in [0.2, 0.25) is 0 Å². The molecule has 1 unspecified atom stereocenters. The first-order valence-electron chi connectivity index (χ1n) is 13.8. The summed E-state index contributed by atoms with van der Waals surface area (Å²) in [5, 5.41) is 15.9. The van der Waals surface area contributed by atoms with E-state index in [4.69, 9.17) is 21.3 Å². The van der Waals surface area contributed by atoms with Crippen LogP contribution < -0.4 is 15.4 Å². The van der Waals surface area contributed by atoms with Crippen molar-refractivity contribution in [2.24, 2.45) is 0 Å². The molecule has 1 atom stereocenters. The van der Waals surface area contributed by atoms with Gasteiger partial charge in [-0.25, -0.2) is 14.8 Å². The smallest absolute Gasteiger partial charge is 0.326 e. The second-order valence-electron chi connectivity index (χ2n) is 9.79. The van der Waals surface area contributed by atoms with E-state index in [1.165, 1.54) is 11.8 Å². The molecule has 3 heterocycles. The number of hydrogen-bond donors (Lipinski definition) is 3. The number of nitrogens with one attached hydrogen (secondary N) is 2. The standard InChI is InChI=1S/C30H36ClN5O4/c31-25-12-7-16-32-27(25)29(37)35-26(30(38)39)15-19-36(20-21-40-24-10-2-1-3-11-24)18-5-4-9-23-14-13-22-8-6-17-33-28(22)34-23/h1-3,7,10-14,16,26H,4-6,8-9,15,17-21H2,(H,33,34)(H,35,37)(H,38,39). The van der Waals surface area contributed by atoms with Crippen LogP contribution in [0.4, 0.5) is 5.82 Å². The number of halogens is 1. The highest BCUT2D eigenvalue weighted by molar-refractivity contribution is 6.33. The molecule has 3 N–H and O–H groups in total. The Morgan fingerprint density at radius 3 is 2.73 bits per heavy atom. The van der Waals surface area contributed by atoms with E-state index in [9.17, 15) is 14.7 Å². The highest BCUT2D eigenvalue weighted by atomic mass is 35.5. The number of nitrogens with zero attached hydrogens (tertiary/aromatic N) is 3. The fraction of sp³-hybridized carbons (Fsp3) is 0.400. The molecule has 1 amide bonds. The number of anilines is 1. The lowest BCUT2D eigenvalue weighted by molar-refractivity contribution is -0.139. The molecule has 0 aliphatic carbocycles. The van der Waals surface area contributed by atoms with Crippen LogP contribution in [0.15, 0.2) is 60.8 Å². The fourth-order valence-electron chi connectivity index (χ4n) is 4.64. The quantitative estimate of drug-likeness (QED) is 0.231. The molecule has 40 heavy (non-hydrogen) atoms. The Bertz CT molecular complexity index is 1260. The number of amides is 1. The first kappa shape index (κ1) is 29.3. The van der Waals surface area contributed by atoms with Crippen molar-refractivity contribution >= 4 is 29.3 Å². The maximum Gasteiger partial charge on any atom is 0.326 e. The molecule has 10 heteroatoms. The lowest BCUT2D eigenvalue weighted by Gasteiger charge is -2.24. The zero-order valence-corrected chi connectivity index (χ0v) is 23.3. The summed E-state index contributed by atoms with van der Waals surface area (Å²) in [6.07, 6.45) is 6.64. The van der Waals surface area contributed by atoms with Gasteiger partial charge in [0.25, 0.3) is 5.91 Å². The number of hydrogen-bond acceptors (Lipinski definition) is 7. The van der Waals surface area contributed by atoms with Crippen LogP contribution in [0.2, 0.25) is 5.02 Å². The number of rotatable bonds is 15. The monoisotopic (exact) mass is 565 g/mol. The number of aryl methyl sites for hydroxylation is 2. The molecule has 0 saturated heterocycles. The van der Waals surface area contributed by atoms with Gasteiger partial charge >= 0.3 is 5.97 Å². The maximum absolute atomic E-state index is 12.6. The van der Waals surface area contributed by atoms with Crippen molar-refractivity contribution in [3.63, 3.8) is 0 Å². The summed E-state index contributed by atoms with van der Waals surface area (Å²) in [5.41, 5.74) is 2.37.